The zero-order chi connectivity index (χ0) is 41.9. The Morgan fingerprint density at radius 3 is 2.15 bits per heavy atom. The van der Waals surface area contributed by atoms with Gasteiger partial charge in [-0.3, -0.25) is 38.9 Å². The Balaban J connectivity index is 0.659. The summed E-state index contributed by atoms with van der Waals surface area (Å²) in [6.07, 6.45) is 8.77. The third kappa shape index (κ3) is 7.39. The highest BCUT2D eigenvalue weighted by atomic mass is 19.3. The Kier molecular flexibility index (Phi) is 10.2. The van der Waals surface area contributed by atoms with Crippen LogP contribution in [0.5, 0.6) is 5.88 Å². The van der Waals surface area contributed by atoms with Crippen molar-refractivity contribution in [2.24, 2.45) is 11.8 Å². The number of hydrogen-bond acceptors (Lipinski definition) is 10. The largest absolute Gasteiger partial charge is 0.474 e. The maximum absolute atomic E-state index is 15.4. The van der Waals surface area contributed by atoms with E-state index in [4.69, 9.17) is 4.74 Å². The number of alkyl halides is 2. The Bertz CT molecular complexity index is 2550. The number of carbonyl (C=O) groups is 4. The van der Waals surface area contributed by atoms with Gasteiger partial charge in [-0.05, 0) is 79.8 Å². The first-order valence-corrected chi connectivity index (χ1v) is 21.1. The first kappa shape index (κ1) is 39.3. The predicted octanol–water partition coefficient (Wildman–Crippen LogP) is 5.88. The molecule has 61 heavy (non-hydrogen) atoms. The van der Waals surface area contributed by atoms with Gasteiger partial charge in [0.15, 0.2) is 0 Å². The topological polar surface area (TPSA) is 133 Å². The second-order valence-corrected chi connectivity index (χ2v) is 17.1. The van der Waals surface area contributed by atoms with Crippen LogP contribution in [0.1, 0.15) is 65.8 Å². The van der Waals surface area contributed by atoms with E-state index in [-0.39, 0.29) is 30.1 Å². The number of halogens is 3. The van der Waals surface area contributed by atoms with Gasteiger partial charge in [-0.2, -0.15) is 8.78 Å². The van der Waals surface area contributed by atoms with E-state index >= 15 is 4.39 Å². The highest BCUT2D eigenvalue weighted by Crippen LogP contribution is 2.37. The fourth-order valence-corrected chi connectivity index (χ4v) is 9.96. The maximum atomic E-state index is 15.4. The van der Waals surface area contributed by atoms with E-state index < -0.39 is 42.0 Å². The zero-order valence-electron chi connectivity index (χ0n) is 33.4. The number of nitrogens with zero attached hydrogens (tertiary/aromatic N) is 7. The molecule has 2 aromatic carbocycles. The average Bonchev–Trinajstić information content (AvgIpc) is 3.70. The molecule has 4 aliphatic heterocycles. The molecule has 0 bridgehead atoms. The smallest absolute Gasteiger partial charge is 0.319 e. The number of piperazine rings is 1. The Hall–Kier alpha value is -5.87. The van der Waals surface area contributed by atoms with Gasteiger partial charge < -0.3 is 19.4 Å². The molecular formula is C45H45F3N8O5. The molecule has 3 aromatic heterocycles. The molecule has 5 aliphatic rings. The maximum Gasteiger partial charge on any atom is 0.319 e. The van der Waals surface area contributed by atoms with Crippen LogP contribution >= 0.6 is 0 Å². The van der Waals surface area contributed by atoms with Crippen molar-refractivity contribution in [1.29, 1.82) is 0 Å². The van der Waals surface area contributed by atoms with Crippen LogP contribution < -0.4 is 15.0 Å². The summed E-state index contributed by atoms with van der Waals surface area (Å²) in [4.78, 5) is 67.0. The fraction of sp³-hybridized carbons (Fsp3) is 0.422. The first-order valence-electron chi connectivity index (χ1n) is 21.1. The first-order chi connectivity index (χ1) is 29.6. The van der Waals surface area contributed by atoms with E-state index in [0.29, 0.717) is 52.9 Å². The Labute approximate surface area is 349 Å². The molecular weight excluding hydrogens is 790 g/mol. The number of rotatable bonds is 10. The lowest BCUT2D eigenvalue weighted by molar-refractivity contribution is -0.136. The summed E-state index contributed by atoms with van der Waals surface area (Å²) in [6.45, 7) is 4.62. The van der Waals surface area contributed by atoms with Crippen molar-refractivity contribution in [2.75, 3.05) is 57.3 Å². The van der Waals surface area contributed by atoms with Crippen molar-refractivity contribution < 1.29 is 37.1 Å². The van der Waals surface area contributed by atoms with Crippen molar-refractivity contribution >= 4 is 51.1 Å². The number of nitrogens with one attached hydrogen (secondary N) is 1. The van der Waals surface area contributed by atoms with Crippen LogP contribution in [0.25, 0.3) is 32.9 Å². The minimum atomic E-state index is -2.68. The van der Waals surface area contributed by atoms with Crippen LogP contribution in [0.4, 0.5) is 18.9 Å². The molecule has 16 heteroatoms. The SMILES string of the molecule is O=C1CCC(N2C(=O)c3cc(F)c(N4CCC(CN5CCN(CC6CC(Oc7ccc(-c8ccc9c%10cnccc%10n(C(F)F)c9c8)cn7)C6)CC5)CC4)cc3C2=O)C(=O)N1. The van der Waals surface area contributed by atoms with Crippen molar-refractivity contribution in [3.8, 4) is 17.0 Å². The van der Waals surface area contributed by atoms with E-state index in [1.807, 2.05) is 29.2 Å². The molecule has 1 N–H and O–H groups in total. The van der Waals surface area contributed by atoms with Crippen molar-refractivity contribution in [3.05, 3.63) is 84.1 Å². The monoisotopic (exact) mass is 834 g/mol. The molecule has 1 atom stereocenters. The number of hydrogen-bond donors (Lipinski definition) is 1. The minimum absolute atomic E-state index is 0.0220. The third-order valence-corrected chi connectivity index (χ3v) is 13.3. The quantitative estimate of drug-likeness (QED) is 0.170. The van der Waals surface area contributed by atoms with Gasteiger partial charge in [0, 0.05) is 99.8 Å². The normalized spacial score (nSPS) is 23.0. The molecule has 7 heterocycles. The van der Waals surface area contributed by atoms with Gasteiger partial charge >= 0.3 is 6.55 Å². The Morgan fingerprint density at radius 1 is 0.754 bits per heavy atom. The Morgan fingerprint density at radius 2 is 1.46 bits per heavy atom. The van der Waals surface area contributed by atoms with Gasteiger partial charge in [0.2, 0.25) is 17.7 Å². The molecule has 0 radical (unpaired) electrons. The molecule has 13 nitrogen and oxygen atoms in total. The van der Waals surface area contributed by atoms with Crippen LogP contribution in [0.15, 0.2) is 67.1 Å². The molecule has 1 aliphatic carbocycles. The van der Waals surface area contributed by atoms with Crippen LogP contribution in [0.2, 0.25) is 0 Å². The summed E-state index contributed by atoms with van der Waals surface area (Å²) in [5, 5.41) is 3.61. The fourth-order valence-electron chi connectivity index (χ4n) is 9.96. The van der Waals surface area contributed by atoms with Crippen molar-refractivity contribution in [3.63, 3.8) is 0 Å². The van der Waals surface area contributed by atoms with Crippen LogP contribution in [-0.4, -0.2) is 117 Å². The molecule has 10 rings (SSSR count). The molecule has 316 valence electrons. The highest BCUT2D eigenvalue weighted by molar-refractivity contribution is 6.23. The second kappa shape index (κ2) is 15.9. The highest BCUT2D eigenvalue weighted by Gasteiger charge is 2.45. The van der Waals surface area contributed by atoms with E-state index in [9.17, 15) is 28.0 Å². The van der Waals surface area contributed by atoms with Crippen molar-refractivity contribution in [1.82, 2.24) is 34.6 Å². The summed E-state index contributed by atoms with van der Waals surface area (Å²) >= 11 is 0. The molecule has 3 saturated heterocycles. The summed E-state index contributed by atoms with van der Waals surface area (Å²) in [6, 6.07) is 12.4. The summed E-state index contributed by atoms with van der Waals surface area (Å²) in [7, 11) is 0. The lowest BCUT2D eigenvalue weighted by Gasteiger charge is -2.42. The van der Waals surface area contributed by atoms with Crippen LogP contribution in [-0.2, 0) is 9.59 Å². The lowest BCUT2D eigenvalue weighted by atomic mass is 9.81. The number of pyridine rings is 2. The van der Waals surface area contributed by atoms with E-state index in [1.165, 1.54) is 12.3 Å². The summed E-state index contributed by atoms with van der Waals surface area (Å²) in [5.74, 6) is -1.46. The standard InChI is InChI=1S/C45H45F3N8O5/c46-35-20-32-33(44(60)56(43(32)59)37-4-5-40(57)51-42(37)58)21-39(35)54-11-8-26(9-12-54)24-52-13-15-53(16-14-52)25-27-17-30(18-27)61-41-6-2-29(22-50-41)28-1-3-31-34-23-49-10-7-36(34)55(45(47)48)38(31)19-28/h1-3,6-7,10,19-23,26-27,30,37,45H,4-5,8-9,11-18,24-25H2,(H,51,57,58). The molecule has 0 spiro atoms. The summed E-state index contributed by atoms with van der Waals surface area (Å²) < 4.78 is 50.9. The lowest BCUT2D eigenvalue weighted by Crippen LogP contribution is -2.54. The molecule has 1 unspecified atom stereocenters. The predicted molar refractivity (Wildman–Crippen MR) is 220 cm³/mol. The number of benzene rings is 2. The number of carbonyl (C=O) groups excluding carboxylic acids is 4. The zero-order valence-corrected chi connectivity index (χ0v) is 33.4. The number of anilines is 1. The third-order valence-electron chi connectivity index (χ3n) is 13.3. The van der Waals surface area contributed by atoms with Gasteiger partial charge in [-0.1, -0.05) is 12.1 Å². The van der Waals surface area contributed by atoms with Gasteiger partial charge in [0.25, 0.3) is 11.8 Å². The number of ether oxygens (including phenoxy) is 1. The number of fused-ring (bicyclic) bond motifs is 4. The second-order valence-electron chi connectivity index (χ2n) is 17.1. The van der Waals surface area contributed by atoms with Crippen LogP contribution in [0, 0.1) is 17.7 Å². The van der Waals surface area contributed by atoms with E-state index in [1.54, 1.807) is 24.5 Å². The van der Waals surface area contributed by atoms with Crippen molar-refractivity contribution in [2.45, 2.75) is 57.2 Å². The number of piperidine rings is 2. The number of imide groups is 2. The van der Waals surface area contributed by atoms with Crippen LogP contribution in [0.3, 0.4) is 0 Å². The van der Waals surface area contributed by atoms with Gasteiger partial charge in [-0.25, -0.2) is 9.37 Å². The molecule has 4 fully saturated rings. The van der Waals surface area contributed by atoms with Gasteiger partial charge in [0.1, 0.15) is 18.0 Å². The molecule has 5 aromatic rings. The van der Waals surface area contributed by atoms with Gasteiger partial charge in [0.05, 0.1) is 27.8 Å². The molecule has 1 saturated carbocycles. The average molecular weight is 835 g/mol. The number of aromatic nitrogens is 3. The van der Waals surface area contributed by atoms with E-state index in [2.05, 4.69) is 25.1 Å². The molecule has 4 amide bonds. The minimum Gasteiger partial charge on any atom is -0.474 e. The number of amides is 4. The van der Waals surface area contributed by atoms with Gasteiger partial charge in [-0.15, -0.1) is 0 Å². The summed E-state index contributed by atoms with van der Waals surface area (Å²) in [5.41, 5.74) is 2.85. The van der Waals surface area contributed by atoms with E-state index in [0.717, 1.165) is 97.0 Å².